The number of hydrogen-bond donors (Lipinski definition) is 1. The van der Waals surface area contributed by atoms with Crippen LogP contribution in [0.2, 0.25) is 18.1 Å². The van der Waals surface area contributed by atoms with Crippen LogP contribution in [-0.2, 0) is 9.22 Å². The predicted molar refractivity (Wildman–Crippen MR) is 91.8 cm³/mol. The minimum Gasteiger partial charge on any atom is -0.497 e. The molecule has 122 valence electrons. The lowest BCUT2D eigenvalue weighted by Crippen LogP contribution is -2.41. The molecule has 0 saturated carbocycles. The van der Waals surface area contributed by atoms with Crippen LogP contribution in [0.4, 0.5) is 0 Å². The van der Waals surface area contributed by atoms with Gasteiger partial charge in [-0.3, -0.25) is 0 Å². The molecule has 0 spiro atoms. The van der Waals surface area contributed by atoms with Gasteiger partial charge < -0.3 is 14.3 Å². The molecule has 0 aliphatic heterocycles. The third kappa shape index (κ3) is 5.00. The summed E-state index contributed by atoms with van der Waals surface area (Å²) in [7, 11) is -0.393. The molecule has 22 heavy (non-hydrogen) atoms. The Balaban J connectivity index is 2.95. The van der Waals surface area contributed by atoms with Crippen LogP contribution in [-0.4, -0.2) is 33.1 Å². The number of rotatable bonds is 6. The molecule has 0 fully saturated rings. The molecule has 0 aliphatic carbocycles. The Morgan fingerprint density at radius 3 is 2.45 bits per heavy atom. The Morgan fingerprint density at radius 2 is 1.95 bits per heavy atom. The molecule has 0 aliphatic rings. The zero-order valence-corrected chi connectivity index (χ0v) is 15.3. The standard InChI is InChI=1S/C17H26O4Si/c1-17(2,3)22(5,6)21-12-14(16(18)19)10-13-8-7-9-15(11-13)20-4/h7-11H,12H2,1-6H3,(H,18,19). The lowest BCUT2D eigenvalue weighted by molar-refractivity contribution is -0.132. The summed E-state index contributed by atoms with van der Waals surface area (Å²) in [4.78, 5) is 11.5. The molecule has 0 unspecified atom stereocenters. The van der Waals surface area contributed by atoms with Gasteiger partial charge in [0.2, 0.25) is 0 Å². The van der Waals surface area contributed by atoms with Gasteiger partial charge >= 0.3 is 5.97 Å². The van der Waals surface area contributed by atoms with Gasteiger partial charge in [0.1, 0.15) is 5.75 Å². The van der Waals surface area contributed by atoms with Gasteiger partial charge in [-0.1, -0.05) is 32.9 Å². The SMILES string of the molecule is COc1cccc(C=C(CO[Si](C)(C)C(C)(C)C)C(=O)O)c1. The predicted octanol–water partition coefficient (Wildman–Crippen LogP) is 4.19. The molecule has 0 atom stereocenters. The fraction of sp³-hybridized carbons (Fsp3) is 0.471. The minimum atomic E-state index is -1.98. The van der Waals surface area contributed by atoms with Crippen molar-refractivity contribution in [2.75, 3.05) is 13.7 Å². The summed E-state index contributed by atoms with van der Waals surface area (Å²) >= 11 is 0. The number of hydrogen-bond acceptors (Lipinski definition) is 3. The second-order valence-electron chi connectivity index (χ2n) is 6.80. The van der Waals surface area contributed by atoms with Crippen molar-refractivity contribution >= 4 is 20.4 Å². The van der Waals surface area contributed by atoms with E-state index in [2.05, 4.69) is 33.9 Å². The lowest BCUT2D eigenvalue weighted by Gasteiger charge is -2.36. The maximum absolute atomic E-state index is 11.5. The highest BCUT2D eigenvalue weighted by Gasteiger charge is 2.37. The molecule has 5 heteroatoms. The van der Waals surface area contributed by atoms with E-state index in [9.17, 15) is 9.90 Å². The Morgan fingerprint density at radius 1 is 1.32 bits per heavy atom. The van der Waals surface area contributed by atoms with Crippen molar-refractivity contribution in [1.82, 2.24) is 0 Å². The summed E-state index contributed by atoms with van der Waals surface area (Å²) in [6, 6.07) is 7.30. The molecule has 0 amide bonds. The molecule has 0 bridgehead atoms. The third-order valence-corrected chi connectivity index (χ3v) is 8.58. The molecule has 0 aromatic heterocycles. The van der Waals surface area contributed by atoms with Crippen LogP contribution in [0.15, 0.2) is 29.8 Å². The fourth-order valence-corrected chi connectivity index (χ4v) is 2.52. The van der Waals surface area contributed by atoms with Crippen LogP contribution in [0.5, 0.6) is 5.75 Å². The maximum Gasteiger partial charge on any atom is 0.333 e. The quantitative estimate of drug-likeness (QED) is 0.630. The molecule has 4 nitrogen and oxygen atoms in total. The van der Waals surface area contributed by atoms with E-state index in [1.54, 1.807) is 19.3 Å². The monoisotopic (exact) mass is 322 g/mol. The molecule has 1 rings (SSSR count). The van der Waals surface area contributed by atoms with E-state index in [0.717, 1.165) is 5.56 Å². The summed E-state index contributed by atoms with van der Waals surface area (Å²) in [6.45, 7) is 10.7. The van der Waals surface area contributed by atoms with Gasteiger partial charge in [-0.25, -0.2) is 4.79 Å². The number of carboxylic acids is 1. The first kappa shape index (κ1) is 18.5. The average Bonchev–Trinajstić information content (AvgIpc) is 2.42. The molecule has 1 aromatic rings. The van der Waals surface area contributed by atoms with E-state index < -0.39 is 14.3 Å². The number of methoxy groups -OCH3 is 1. The van der Waals surface area contributed by atoms with Crippen molar-refractivity contribution in [3.05, 3.63) is 35.4 Å². The highest BCUT2D eigenvalue weighted by Crippen LogP contribution is 2.36. The second-order valence-corrected chi connectivity index (χ2v) is 11.6. The minimum absolute atomic E-state index is 0.0482. The molecule has 0 saturated heterocycles. The Bertz CT molecular complexity index is 556. The van der Waals surface area contributed by atoms with Gasteiger partial charge in [-0.15, -0.1) is 0 Å². The summed E-state index contributed by atoms with van der Waals surface area (Å²) in [5.41, 5.74) is 1.04. The van der Waals surface area contributed by atoms with Crippen LogP contribution in [0.25, 0.3) is 6.08 Å². The van der Waals surface area contributed by atoms with Gasteiger partial charge in [0, 0.05) is 0 Å². The normalized spacial score (nSPS) is 13.1. The number of carboxylic acid groups (broad SMARTS) is 1. The first-order chi connectivity index (χ1) is 10.1. The van der Waals surface area contributed by atoms with Crippen LogP contribution in [0.3, 0.4) is 0 Å². The summed E-state index contributed by atoms with van der Waals surface area (Å²) in [5, 5.41) is 9.44. The van der Waals surface area contributed by atoms with Gasteiger partial charge in [0.05, 0.1) is 19.3 Å². The number of carbonyl (C=O) groups is 1. The van der Waals surface area contributed by atoms with Gasteiger partial charge in [-0.05, 0) is 41.9 Å². The zero-order chi connectivity index (χ0) is 17.0. The molecular weight excluding hydrogens is 296 g/mol. The van der Waals surface area contributed by atoms with Gasteiger partial charge in [0.25, 0.3) is 0 Å². The van der Waals surface area contributed by atoms with Crippen LogP contribution in [0, 0.1) is 0 Å². The molecule has 1 N–H and O–H groups in total. The van der Waals surface area contributed by atoms with Crippen LogP contribution in [0.1, 0.15) is 26.3 Å². The molecule has 0 heterocycles. The van der Waals surface area contributed by atoms with Crippen molar-refractivity contribution in [2.24, 2.45) is 0 Å². The fourth-order valence-electron chi connectivity index (χ4n) is 1.57. The first-order valence-electron chi connectivity index (χ1n) is 7.29. The largest absolute Gasteiger partial charge is 0.497 e. The Hall–Kier alpha value is -1.59. The maximum atomic E-state index is 11.5. The first-order valence-corrected chi connectivity index (χ1v) is 10.2. The van der Waals surface area contributed by atoms with E-state index in [1.807, 2.05) is 18.2 Å². The van der Waals surface area contributed by atoms with E-state index in [0.29, 0.717) is 5.75 Å². The topological polar surface area (TPSA) is 55.8 Å². The van der Waals surface area contributed by atoms with E-state index >= 15 is 0 Å². The Kier molecular flexibility index (Phi) is 5.97. The average molecular weight is 322 g/mol. The lowest BCUT2D eigenvalue weighted by atomic mass is 10.1. The van der Waals surface area contributed by atoms with Crippen LogP contribution < -0.4 is 4.74 Å². The highest BCUT2D eigenvalue weighted by molar-refractivity contribution is 6.74. The van der Waals surface area contributed by atoms with Crippen molar-refractivity contribution in [3.63, 3.8) is 0 Å². The van der Waals surface area contributed by atoms with Crippen molar-refractivity contribution < 1.29 is 19.1 Å². The highest BCUT2D eigenvalue weighted by atomic mass is 28.4. The number of benzene rings is 1. The van der Waals surface area contributed by atoms with Crippen LogP contribution >= 0.6 is 0 Å². The van der Waals surface area contributed by atoms with Crippen molar-refractivity contribution in [2.45, 2.75) is 38.9 Å². The smallest absolute Gasteiger partial charge is 0.333 e. The second kappa shape index (κ2) is 7.11. The van der Waals surface area contributed by atoms with E-state index in [4.69, 9.17) is 9.16 Å². The van der Waals surface area contributed by atoms with E-state index in [1.165, 1.54) is 0 Å². The molecular formula is C17H26O4Si. The van der Waals surface area contributed by atoms with Crippen molar-refractivity contribution in [3.8, 4) is 5.75 Å². The Labute approximate surface area is 133 Å². The third-order valence-electron chi connectivity index (χ3n) is 4.10. The summed E-state index contributed by atoms with van der Waals surface area (Å²) < 4.78 is 11.2. The van der Waals surface area contributed by atoms with E-state index in [-0.39, 0.29) is 17.2 Å². The molecule has 0 radical (unpaired) electrons. The molecule has 1 aromatic carbocycles. The van der Waals surface area contributed by atoms with Gasteiger partial charge in [-0.2, -0.15) is 0 Å². The number of aliphatic carboxylic acids is 1. The number of ether oxygens (including phenoxy) is 1. The zero-order valence-electron chi connectivity index (χ0n) is 14.3. The van der Waals surface area contributed by atoms with Gasteiger partial charge in [0.15, 0.2) is 8.32 Å². The summed E-state index contributed by atoms with van der Waals surface area (Å²) in [6.07, 6.45) is 1.64. The summed E-state index contributed by atoms with van der Waals surface area (Å²) in [5.74, 6) is -0.259. The van der Waals surface area contributed by atoms with Crippen molar-refractivity contribution in [1.29, 1.82) is 0 Å².